The van der Waals surface area contributed by atoms with Gasteiger partial charge < -0.3 is 10.4 Å². The van der Waals surface area contributed by atoms with Crippen LogP contribution < -0.4 is 5.32 Å². The second kappa shape index (κ2) is 5.52. The van der Waals surface area contributed by atoms with Crippen molar-refractivity contribution in [3.05, 3.63) is 0 Å². The summed E-state index contributed by atoms with van der Waals surface area (Å²) in [7, 11) is 0. The summed E-state index contributed by atoms with van der Waals surface area (Å²) in [6.07, 6.45) is 4.21. The molecule has 0 saturated heterocycles. The number of amides is 1. The van der Waals surface area contributed by atoms with Crippen molar-refractivity contribution in [3.8, 4) is 0 Å². The van der Waals surface area contributed by atoms with Gasteiger partial charge in [0.25, 0.3) is 0 Å². The molecule has 1 amide bonds. The van der Waals surface area contributed by atoms with Gasteiger partial charge in [-0.3, -0.25) is 4.79 Å². The van der Waals surface area contributed by atoms with Crippen molar-refractivity contribution in [2.24, 2.45) is 11.3 Å². The number of carbonyl (C=O) groups is 2. The molecule has 0 aromatic heterocycles. The van der Waals surface area contributed by atoms with Crippen molar-refractivity contribution in [1.82, 2.24) is 5.32 Å². The number of carboxylic acid groups (broad SMARTS) is 1. The van der Waals surface area contributed by atoms with E-state index in [4.69, 9.17) is 5.11 Å². The van der Waals surface area contributed by atoms with Gasteiger partial charge in [-0.25, -0.2) is 4.79 Å². The van der Waals surface area contributed by atoms with Crippen LogP contribution in [-0.2, 0) is 9.59 Å². The predicted molar refractivity (Wildman–Crippen MR) is 65.6 cm³/mol. The summed E-state index contributed by atoms with van der Waals surface area (Å²) in [5, 5.41) is 11.7. The molecule has 0 aromatic rings. The van der Waals surface area contributed by atoms with Crippen molar-refractivity contribution in [3.63, 3.8) is 0 Å². The first kappa shape index (κ1) is 14.0. The number of hydrogen-bond donors (Lipinski definition) is 2. The van der Waals surface area contributed by atoms with Crippen LogP contribution in [0.2, 0.25) is 0 Å². The third kappa shape index (κ3) is 3.45. The quantitative estimate of drug-likeness (QED) is 0.775. The molecule has 0 aliphatic heterocycles. The fourth-order valence-electron chi connectivity index (χ4n) is 2.63. The largest absolute Gasteiger partial charge is 0.480 e. The normalized spacial score (nSPS) is 24.3. The first-order chi connectivity index (χ1) is 7.88. The van der Waals surface area contributed by atoms with Gasteiger partial charge >= 0.3 is 5.97 Å². The van der Waals surface area contributed by atoms with Crippen molar-refractivity contribution in [2.45, 2.75) is 58.9 Å². The summed E-state index contributed by atoms with van der Waals surface area (Å²) in [6, 6.07) is -0.733. The van der Waals surface area contributed by atoms with E-state index in [2.05, 4.69) is 19.2 Å². The number of rotatable bonds is 5. The molecular formula is C13H23NO3. The van der Waals surface area contributed by atoms with Gasteiger partial charge in [0, 0.05) is 5.92 Å². The molecule has 4 nitrogen and oxygen atoms in total. The second-order valence-corrected chi connectivity index (χ2v) is 5.62. The van der Waals surface area contributed by atoms with Gasteiger partial charge in [-0.15, -0.1) is 0 Å². The summed E-state index contributed by atoms with van der Waals surface area (Å²) in [6.45, 7) is 6.08. The highest BCUT2D eigenvalue weighted by Gasteiger charge is 2.40. The Hall–Kier alpha value is -1.06. The Morgan fingerprint density at radius 2 is 2.12 bits per heavy atom. The summed E-state index contributed by atoms with van der Waals surface area (Å²) >= 11 is 0. The van der Waals surface area contributed by atoms with Gasteiger partial charge in [0.1, 0.15) is 6.04 Å². The van der Waals surface area contributed by atoms with Crippen LogP contribution in [0.25, 0.3) is 0 Å². The van der Waals surface area contributed by atoms with E-state index in [-0.39, 0.29) is 17.2 Å². The van der Waals surface area contributed by atoms with E-state index in [1.807, 2.05) is 6.92 Å². The van der Waals surface area contributed by atoms with Gasteiger partial charge in [0.15, 0.2) is 0 Å². The first-order valence-electron chi connectivity index (χ1n) is 6.41. The molecule has 0 bridgehead atoms. The van der Waals surface area contributed by atoms with Gasteiger partial charge in [0.05, 0.1) is 0 Å². The zero-order chi connectivity index (χ0) is 13.1. The lowest BCUT2D eigenvalue weighted by Gasteiger charge is -2.27. The molecule has 0 radical (unpaired) electrons. The minimum absolute atomic E-state index is 0.000644. The van der Waals surface area contributed by atoms with Crippen molar-refractivity contribution in [2.75, 3.05) is 0 Å². The number of carboxylic acids is 1. The van der Waals surface area contributed by atoms with E-state index in [1.54, 1.807) is 0 Å². The van der Waals surface area contributed by atoms with Crippen LogP contribution in [0, 0.1) is 11.3 Å². The van der Waals surface area contributed by atoms with Crippen LogP contribution in [-0.4, -0.2) is 23.0 Å². The zero-order valence-corrected chi connectivity index (χ0v) is 11.0. The summed E-state index contributed by atoms with van der Waals surface area (Å²) in [4.78, 5) is 23.1. The fraction of sp³-hybridized carbons (Fsp3) is 0.846. The highest BCUT2D eigenvalue weighted by atomic mass is 16.4. The molecular weight excluding hydrogens is 218 g/mol. The Balaban J connectivity index is 2.61. The third-order valence-electron chi connectivity index (χ3n) is 3.77. The third-order valence-corrected chi connectivity index (χ3v) is 3.77. The number of carbonyl (C=O) groups excluding carboxylic acids is 1. The van der Waals surface area contributed by atoms with E-state index < -0.39 is 12.0 Å². The van der Waals surface area contributed by atoms with Gasteiger partial charge in [-0.2, -0.15) is 0 Å². The lowest BCUT2D eigenvalue weighted by atomic mass is 9.81. The maximum Gasteiger partial charge on any atom is 0.326 e. The molecule has 4 heteroatoms. The maximum atomic E-state index is 12.1. The molecule has 2 N–H and O–H groups in total. The molecule has 0 heterocycles. The lowest BCUT2D eigenvalue weighted by molar-refractivity contribution is -0.143. The summed E-state index contributed by atoms with van der Waals surface area (Å²) in [5.74, 6) is -1.06. The van der Waals surface area contributed by atoms with Crippen molar-refractivity contribution in [1.29, 1.82) is 0 Å². The summed E-state index contributed by atoms with van der Waals surface area (Å²) in [5.41, 5.74) is -0.000644. The second-order valence-electron chi connectivity index (χ2n) is 5.62. The fourth-order valence-corrected chi connectivity index (χ4v) is 2.63. The minimum atomic E-state index is -0.934. The van der Waals surface area contributed by atoms with E-state index in [9.17, 15) is 9.59 Å². The average molecular weight is 241 g/mol. The predicted octanol–water partition coefficient (Wildman–Crippen LogP) is 2.18. The highest BCUT2D eigenvalue weighted by Crippen LogP contribution is 2.42. The molecule has 0 aromatic carbocycles. The molecule has 2 unspecified atom stereocenters. The van der Waals surface area contributed by atoms with Gasteiger partial charge in [0.2, 0.25) is 5.91 Å². The molecule has 1 aliphatic rings. The Morgan fingerprint density at radius 3 is 2.53 bits per heavy atom. The van der Waals surface area contributed by atoms with Crippen LogP contribution in [0.1, 0.15) is 52.9 Å². The van der Waals surface area contributed by atoms with E-state index >= 15 is 0 Å². The standard InChI is InChI=1S/C13H23NO3/c1-4-6-10(12(16)17)14-11(15)9-7-5-8-13(9,2)3/h9-10H,4-8H2,1-3H3,(H,14,15)(H,16,17). The van der Waals surface area contributed by atoms with Crippen LogP contribution in [0.15, 0.2) is 0 Å². The average Bonchev–Trinajstić information content (AvgIpc) is 2.57. The number of hydrogen-bond acceptors (Lipinski definition) is 2. The van der Waals surface area contributed by atoms with Gasteiger partial charge in [-0.1, -0.05) is 33.6 Å². The Bertz CT molecular complexity index is 299. The van der Waals surface area contributed by atoms with Crippen LogP contribution in [0.3, 0.4) is 0 Å². The zero-order valence-electron chi connectivity index (χ0n) is 11.0. The number of nitrogens with one attached hydrogen (secondary N) is 1. The Kier molecular flexibility index (Phi) is 4.54. The van der Waals surface area contributed by atoms with Gasteiger partial charge in [-0.05, 0) is 24.7 Å². The van der Waals surface area contributed by atoms with E-state index in [0.717, 1.165) is 25.7 Å². The molecule has 2 atom stereocenters. The maximum absolute atomic E-state index is 12.1. The minimum Gasteiger partial charge on any atom is -0.480 e. The van der Waals surface area contributed by atoms with Crippen molar-refractivity contribution >= 4 is 11.9 Å². The monoisotopic (exact) mass is 241 g/mol. The molecule has 1 aliphatic carbocycles. The molecule has 1 fully saturated rings. The van der Waals surface area contributed by atoms with Crippen molar-refractivity contribution < 1.29 is 14.7 Å². The topological polar surface area (TPSA) is 66.4 Å². The number of aliphatic carboxylic acids is 1. The Morgan fingerprint density at radius 1 is 1.47 bits per heavy atom. The smallest absolute Gasteiger partial charge is 0.326 e. The molecule has 1 rings (SSSR count). The lowest BCUT2D eigenvalue weighted by Crippen LogP contribution is -2.45. The molecule has 17 heavy (non-hydrogen) atoms. The summed E-state index contributed by atoms with van der Waals surface area (Å²) < 4.78 is 0. The van der Waals surface area contributed by atoms with E-state index in [1.165, 1.54) is 0 Å². The first-order valence-corrected chi connectivity index (χ1v) is 6.41. The van der Waals surface area contributed by atoms with E-state index in [0.29, 0.717) is 6.42 Å². The Labute approximate surface area is 103 Å². The molecule has 0 spiro atoms. The van der Waals surface area contributed by atoms with Crippen LogP contribution in [0.5, 0.6) is 0 Å². The highest BCUT2D eigenvalue weighted by molar-refractivity contribution is 5.85. The van der Waals surface area contributed by atoms with Crippen LogP contribution in [0.4, 0.5) is 0 Å². The molecule has 98 valence electrons. The van der Waals surface area contributed by atoms with Crippen LogP contribution >= 0.6 is 0 Å². The molecule has 1 saturated carbocycles. The SMILES string of the molecule is CCCC(NC(=O)C1CCCC1(C)C)C(=O)O.